The van der Waals surface area contributed by atoms with Crippen LogP contribution in [0.1, 0.15) is 13.3 Å². The second kappa shape index (κ2) is 4.29. The fourth-order valence-corrected chi connectivity index (χ4v) is 1.60. The summed E-state index contributed by atoms with van der Waals surface area (Å²) in [5.41, 5.74) is 0.255. The molecule has 2 aromatic rings. The lowest BCUT2D eigenvalue weighted by molar-refractivity contribution is 0.814. The Hall–Kier alpha value is -2.30. The van der Waals surface area contributed by atoms with Gasteiger partial charge in [-0.25, -0.2) is 0 Å². The van der Waals surface area contributed by atoms with Crippen molar-refractivity contribution in [2.45, 2.75) is 13.3 Å². The Kier molecular flexibility index (Phi) is 2.82. The molecule has 0 aliphatic carbocycles. The molecule has 0 amide bonds. The van der Waals surface area contributed by atoms with Crippen LogP contribution in [-0.2, 0) is 0 Å². The lowest BCUT2D eigenvalue weighted by Crippen LogP contribution is -2.21. The molecule has 0 saturated carbocycles. The Balaban J connectivity index is 2.90. The van der Waals surface area contributed by atoms with Gasteiger partial charge in [-0.15, -0.1) is 10.0 Å². The van der Waals surface area contributed by atoms with Crippen molar-refractivity contribution in [3.8, 4) is 0 Å². The van der Waals surface area contributed by atoms with Crippen LogP contribution in [0.2, 0.25) is 0 Å². The number of nitrogens with zero attached hydrogens (tertiary/aromatic N) is 3. The molecular formula is C12H11N3O2. The molecule has 5 heteroatoms. The maximum Gasteiger partial charge on any atom is 0.279 e. The second-order valence-corrected chi connectivity index (χ2v) is 3.60. The minimum atomic E-state index is -0.278. The van der Waals surface area contributed by atoms with E-state index in [4.69, 9.17) is 0 Å². The molecule has 86 valence electrons. The molecule has 17 heavy (non-hydrogen) atoms. The van der Waals surface area contributed by atoms with E-state index in [1.165, 1.54) is 0 Å². The van der Waals surface area contributed by atoms with Crippen LogP contribution < -0.4 is 5.56 Å². The molecule has 0 N–H and O–H groups in total. The van der Waals surface area contributed by atoms with Crippen LogP contribution in [0.5, 0.6) is 0 Å². The predicted molar refractivity (Wildman–Crippen MR) is 67.1 cm³/mol. The first-order valence-electron chi connectivity index (χ1n) is 5.22. The van der Waals surface area contributed by atoms with Crippen LogP contribution in [0.15, 0.2) is 40.8 Å². The van der Waals surface area contributed by atoms with Gasteiger partial charge in [0.15, 0.2) is 0 Å². The van der Waals surface area contributed by atoms with Gasteiger partial charge in [0, 0.05) is 11.1 Å². The fourth-order valence-electron chi connectivity index (χ4n) is 1.60. The van der Waals surface area contributed by atoms with Crippen molar-refractivity contribution in [3.05, 3.63) is 46.1 Å². The number of benzene rings is 1. The molecule has 0 aliphatic heterocycles. The van der Waals surface area contributed by atoms with Crippen LogP contribution in [0.4, 0.5) is 5.82 Å². The average Bonchev–Trinajstić information content (AvgIpc) is 2.39. The fraction of sp³-hybridized carbons (Fsp3) is 0.167. The van der Waals surface area contributed by atoms with E-state index in [1.54, 1.807) is 24.3 Å². The zero-order chi connectivity index (χ0) is 12.4. The standard InChI is InChI=1S/C12H11N3O2/c1-3-8(2)15-12(16)10-7-5-4-6-9(10)11(13-15)14-17/h4-7H,2-3H2,1H3. The van der Waals surface area contributed by atoms with E-state index in [2.05, 4.69) is 16.9 Å². The van der Waals surface area contributed by atoms with E-state index in [0.29, 0.717) is 22.9 Å². The molecule has 0 saturated heterocycles. The summed E-state index contributed by atoms with van der Waals surface area (Å²) in [6, 6.07) is 6.77. The molecule has 1 heterocycles. The Morgan fingerprint density at radius 3 is 2.65 bits per heavy atom. The molecule has 0 radical (unpaired) electrons. The molecule has 0 atom stereocenters. The monoisotopic (exact) mass is 229 g/mol. The number of rotatable bonds is 3. The third-order valence-electron chi connectivity index (χ3n) is 2.58. The smallest absolute Gasteiger partial charge is 0.267 e. The van der Waals surface area contributed by atoms with Crippen molar-refractivity contribution in [3.63, 3.8) is 0 Å². The predicted octanol–water partition coefficient (Wildman–Crippen LogP) is 2.68. The van der Waals surface area contributed by atoms with Gasteiger partial charge in [-0.1, -0.05) is 31.7 Å². The van der Waals surface area contributed by atoms with E-state index in [-0.39, 0.29) is 11.4 Å². The summed E-state index contributed by atoms with van der Waals surface area (Å²) in [5.74, 6) is 0.00907. The SMILES string of the molecule is C=C(CC)n1nc(N=O)c2ccccc2c1=O. The molecule has 1 aromatic carbocycles. The summed E-state index contributed by atoms with van der Waals surface area (Å²) >= 11 is 0. The Labute approximate surface area is 97.4 Å². The molecular weight excluding hydrogens is 218 g/mol. The van der Waals surface area contributed by atoms with Crippen LogP contribution in [0, 0.1) is 4.91 Å². The Morgan fingerprint density at radius 2 is 2.06 bits per heavy atom. The zero-order valence-electron chi connectivity index (χ0n) is 9.38. The van der Waals surface area contributed by atoms with Gasteiger partial charge in [-0.3, -0.25) is 4.79 Å². The highest BCUT2D eigenvalue weighted by atomic mass is 16.3. The highest BCUT2D eigenvalue weighted by molar-refractivity contribution is 5.89. The molecule has 2 rings (SSSR count). The number of aromatic nitrogens is 2. The van der Waals surface area contributed by atoms with E-state index in [9.17, 15) is 9.70 Å². The van der Waals surface area contributed by atoms with Crippen molar-refractivity contribution in [2.24, 2.45) is 5.18 Å². The van der Waals surface area contributed by atoms with Gasteiger partial charge < -0.3 is 0 Å². The van der Waals surface area contributed by atoms with Gasteiger partial charge in [-0.05, 0) is 17.7 Å². The van der Waals surface area contributed by atoms with Gasteiger partial charge >= 0.3 is 0 Å². The van der Waals surface area contributed by atoms with Gasteiger partial charge in [0.05, 0.1) is 5.39 Å². The number of allylic oxidation sites excluding steroid dienone is 1. The normalized spacial score (nSPS) is 10.4. The minimum absolute atomic E-state index is 0.00907. The van der Waals surface area contributed by atoms with Crippen LogP contribution in [0.25, 0.3) is 16.5 Å². The summed E-state index contributed by atoms with van der Waals surface area (Å²) in [4.78, 5) is 22.8. The Bertz CT molecular complexity index is 658. The third kappa shape index (κ3) is 1.75. The molecule has 0 aliphatic rings. The third-order valence-corrected chi connectivity index (χ3v) is 2.58. The topological polar surface area (TPSA) is 64.3 Å². The quantitative estimate of drug-likeness (QED) is 0.760. The lowest BCUT2D eigenvalue weighted by atomic mass is 10.2. The van der Waals surface area contributed by atoms with Gasteiger partial charge in [0.1, 0.15) is 0 Å². The largest absolute Gasteiger partial charge is 0.279 e. The molecule has 5 nitrogen and oxygen atoms in total. The van der Waals surface area contributed by atoms with Gasteiger partial charge in [0.2, 0.25) is 5.82 Å². The lowest BCUT2D eigenvalue weighted by Gasteiger charge is -2.07. The van der Waals surface area contributed by atoms with Crippen molar-refractivity contribution >= 4 is 22.3 Å². The van der Waals surface area contributed by atoms with E-state index < -0.39 is 0 Å². The number of hydrogen-bond acceptors (Lipinski definition) is 4. The summed E-state index contributed by atoms with van der Waals surface area (Å²) in [6.45, 7) is 5.60. The summed E-state index contributed by atoms with van der Waals surface area (Å²) in [6.07, 6.45) is 0.573. The van der Waals surface area contributed by atoms with Gasteiger partial charge in [0.25, 0.3) is 5.56 Å². The van der Waals surface area contributed by atoms with Crippen LogP contribution >= 0.6 is 0 Å². The van der Waals surface area contributed by atoms with Crippen LogP contribution in [0.3, 0.4) is 0 Å². The van der Waals surface area contributed by atoms with Crippen molar-refractivity contribution < 1.29 is 0 Å². The number of hydrogen-bond donors (Lipinski definition) is 0. The zero-order valence-corrected chi connectivity index (χ0v) is 9.38. The van der Waals surface area contributed by atoms with Crippen molar-refractivity contribution in [1.82, 2.24) is 9.78 Å². The van der Waals surface area contributed by atoms with E-state index in [0.717, 1.165) is 4.68 Å². The maximum atomic E-state index is 12.1. The van der Waals surface area contributed by atoms with E-state index in [1.807, 2.05) is 6.92 Å². The van der Waals surface area contributed by atoms with E-state index >= 15 is 0 Å². The maximum absolute atomic E-state index is 12.1. The summed E-state index contributed by atoms with van der Waals surface area (Å²) in [5, 5.41) is 7.66. The van der Waals surface area contributed by atoms with Crippen molar-refractivity contribution in [1.29, 1.82) is 0 Å². The first-order valence-corrected chi connectivity index (χ1v) is 5.22. The number of nitroso groups, excluding NO2 is 1. The molecule has 0 unspecified atom stereocenters. The second-order valence-electron chi connectivity index (χ2n) is 3.60. The molecule has 0 bridgehead atoms. The highest BCUT2D eigenvalue weighted by Crippen LogP contribution is 2.20. The van der Waals surface area contributed by atoms with Crippen molar-refractivity contribution in [2.75, 3.05) is 0 Å². The van der Waals surface area contributed by atoms with Crippen LogP contribution in [-0.4, -0.2) is 9.78 Å². The summed E-state index contributed by atoms with van der Waals surface area (Å²) in [7, 11) is 0. The number of fused-ring (bicyclic) bond motifs is 1. The first kappa shape index (κ1) is 11.2. The molecule has 0 fully saturated rings. The first-order chi connectivity index (χ1) is 8.19. The molecule has 1 aromatic heterocycles. The average molecular weight is 229 g/mol. The summed E-state index contributed by atoms with van der Waals surface area (Å²) < 4.78 is 1.14. The Morgan fingerprint density at radius 1 is 1.41 bits per heavy atom. The van der Waals surface area contributed by atoms with Gasteiger partial charge in [-0.2, -0.15) is 4.68 Å². The minimum Gasteiger partial charge on any atom is -0.267 e. The molecule has 0 spiro atoms. The highest BCUT2D eigenvalue weighted by Gasteiger charge is 2.11.